The summed E-state index contributed by atoms with van der Waals surface area (Å²) >= 11 is 0. The number of carboxylic acid groups (broad SMARTS) is 1. The first-order chi connectivity index (χ1) is 9.56. The van der Waals surface area contributed by atoms with Gasteiger partial charge in [-0.3, -0.25) is 0 Å². The van der Waals surface area contributed by atoms with Crippen molar-refractivity contribution in [3.63, 3.8) is 0 Å². The number of hydrogen-bond donors (Lipinski definition) is 3. The molecule has 0 aliphatic carbocycles. The molecule has 0 radical (unpaired) electrons. The molecule has 0 amide bonds. The number of hydrogen-bond acceptors (Lipinski definition) is 5. The fourth-order valence-corrected chi connectivity index (χ4v) is 2.01. The van der Waals surface area contributed by atoms with Crippen molar-refractivity contribution in [1.82, 2.24) is 14.6 Å². The van der Waals surface area contributed by atoms with Crippen molar-refractivity contribution in [2.45, 2.75) is 0 Å². The zero-order valence-electron chi connectivity index (χ0n) is 10.2. The number of benzene rings is 1. The van der Waals surface area contributed by atoms with Crippen LogP contribution in [-0.4, -0.2) is 30.8 Å². The maximum atomic E-state index is 11.2. The van der Waals surface area contributed by atoms with E-state index in [0.29, 0.717) is 11.2 Å². The lowest BCUT2D eigenvalue weighted by Gasteiger charge is -2.05. The Morgan fingerprint density at radius 3 is 2.50 bits per heavy atom. The fraction of sp³-hybridized carbons (Fsp3) is 0. The molecule has 100 valence electrons. The van der Waals surface area contributed by atoms with Crippen LogP contribution in [0.3, 0.4) is 0 Å². The molecule has 0 saturated carbocycles. The van der Waals surface area contributed by atoms with Crippen molar-refractivity contribution in [3.8, 4) is 16.9 Å². The molecule has 0 unspecified atom stereocenters. The molecule has 4 N–H and O–H groups in total. The second-order valence-electron chi connectivity index (χ2n) is 4.19. The molecule has 0 aliphatic rings. The Labute approximate surface area is 112 Å². The van der Waals surface area contributed by atoms with Crippen molar-refractivity contribution < 1.29 is 15.0 Å². The van der Waals surface area contributed by atoms with E-state index in [-0.39, 0.29) is 17.4 Å². The van der Waals surface area contributed by atoms with Crippen LogP contribution in [0.1, 0.15) is 10.5 Å². The number of nitrogens with zero attached hydrogens (tertiary/aromatic N) is 3. The molecule has 0 aliphatic heterocycles. The molecule has 2 aromatic heterocycles. The van der Waals surface area contributed by atoms with Gasteiger partial charge in [0.2, 0.25) is 5.95 Å². The van der Waals surface area contributed by atoms with Gasteiger partial charge in [0.15, 0.2) is 11.3 Å². The molecule has 0 saturated heterocycles. The number of aromatic hydroxyl groups is 1. The molecule has 0 fully saturated rings. The molecule has 0 atom stereocenters. The molecule has 7 nitrogen and oxygen atoms in total. The smallest absolute Gasteiger partial charge is 0.354 e. The second-order valence-corrected chi connectivity index (χ2v) is 4.19. The maximum Gasteiger partial charge on any atom is 0.354 e. The summed E-state index contributed by atoms with van der Waals surface area (Å²) in [6.07, 6.45) is 0. The van der Waals surface area contributed by atoms with Gasteiger partial charge in [0.1, 0.15) is 5.75 Å². The first-order valence-electron chi connectivity index (χ1n) is 5.74. The van der Waals surface area contributed by atoms with E-state index in [0.717, 1.165) is 5.56 Å². The molecule has 3 aromatic rings. The minimum atomic E-state index is -1.11. The van der Waals surface area contributed by atoms with Gasteiger partial charge in [0.05, 0.1) is 0 Å². The Morgan fingerprint density at radius 1 is 1.15 bits per heavy atom. The van der Waals surface area contributed by atoms with Crippen LogP contribution in [0.4, 0.5) is 5.95 Å². The number of pyridine rings is 1. The van der Waals surface area contributed by atoms with Gasteiger partial charge in [-0.05, 0) is 29.8 Å². The largest absolute Gasteiger partial charge is 0.508 e. The van der Waals surface area contributed by atoms with Crippen LogP contribution in [0.5, 0.6) is 5.75 Å². The minimum Gasteiger partial charge on any atom is -0.508 e. The van der Waals surface area contributed by atoms with Crippen molar-refractivity contribution in [3.05, 3.63) is 42.1 Å². The molecular formula is C13H10N4O3. The summed E-state index contributed by atoms with van der Waals surface area (Å²) in [5.74, 6) is -0.969. The van der Waals surface area contributed by atoms with E-state index >= 15 is 0 Å². The van der Waals surface area contributed by atoms with Gasteiger partial charge in [0, 0.05) is 5.56 Å². The number of fused-ring (bicyclic) bond motifs is 1. The summed E-state index contributed by atoms with van der Waals surface area (Å²) in [6.45, 7) is 0. The zero-order valence-corrected chi connectivity index (χ0v) is 10.2. The Hall–Kier alpha value is -3.09. The van der Waals surface area contributed by atoms with Crippen molar-refractivity contribution >= 4 is 17.6 Å². The SMILES string of the molecule is Nc1nc2c(-c3ccc(O)cc3)ccc(C(=O)O)n2n1. The number of rotatable bonds is 2. The van der Waals surface area contributed by atoms with Crippen LogP contribution in [0, 0.1) is 0 Å². The maximum absolute atomic E-state index is 11.2. The number of carbonyl (C=O) groups is 1. The third-order valence-corrected chi connectivity index (χ3v) is 2.90. The van der Waals surface area contributed by atoms with E-state index in [9.17, 15) is 9.90 Å². The fourth-order valence-electron chi connectivity index (χ4n) is 2.01. The van der Waals surface area contributed by atoms with E-state index in [2.05, 4.69) is 10.1 Å². The lowest BCUT2D eigenvalue weighted by atomic mass is 10.1. The average Bonchev–Trinajstić information content (AvgIpc) is 2.79. The van der Waals surface area contributed by atoms with Gasteiger partial charge in [-0.1, -0.05) is 12.1 Å². The summed E-state index contributed by atoms with van der Waals surface area (Å²) in [6, 6.07) is 9.56. The second kappa shape index (κ2) is 4.23. The van der Waals surface area contributed by atoms with Crippen molar-refractivity contribution in [2.75, 3.05) is 5.73 Å². The molecule has 3 rings (SSSR count). The number of phenols is 1. The molecule has 0 spiro atoms. The predicted molar refractivity (Wildman–Crippen MR) is 71.5 cm³/mol. The standard InChI is InChI=1S/C13H10N4O3/c14-13-15-11-9(7-1-3-8(18)4-2-7)5-6-10(12(19)20)17(11)16-13/h1-6,18H,(H2,14,16)(H,19,20). The molecular weight excluding hydrogens is 260 g/mol. The van der Waals surface area contributed by atoms with Crippen molar-refractivity contribution in [2.24, 2.45) is 0 Å². The van der Waals surface area contributed by atoms with Gasteiger partial charge in [0.25, 0.3) is 0 Å². The highest BCUT2D eigenvalue weighted by Gasteiger charge is 2.15. The Balaban J connectivity index is 2.30. The van der Waals surface area contributed by atoms with Crippen LogP contribution in [0.15, 0.2) is 36.4 Å². The summed E-state index contributed by atoms with van der Waals surface area (Å²) in [5, 5.41) is 22.3. The third-order valence-electron chi connectivity index (χ3n) is 2.90. The number of aromatic carboxylic acids is 1. The third kappa shape index (κ3) is 1.81. The Morgan fingerprint density at radius 2 is 1.85 bits per heavy atom. The van der Waals surface area contributed by atoms with Gasteiger partial charge in [-0.25, -0.2) is 9.31 Å². The number of carboxylic acids is 1. The highest BCUT2D eigenvalue weighted by molar-refractivity contribution is 5.89. The van der Waals surface area contributed by atoms with Crippen LogP contribution in [0.25, 0.3) is 16.8 Å². The zero-order chi connectivity index (χ0) is 14.3. The number of aromatic nitrogens is 3. The molecule has 2 heterocycles. The number of nitrogen functional groups attached to an aromatic ring is 1. The van der Waals surface area contributed by atoms with E-state index in [1.165, 1.54) is 22.7 Å². The first-order valence-corrected chi connectivity index (χ1v) is 5.74. The molecule has 20 heavy (non-hydrogen) atoms. The van der Waals surface area contributed by atoms with Gasteiger partial charge in [-0.2, -0.15) is 4.98 Å². The number of phenolic OH excluding ortho intramolecular Hbond substituents is 1. The number of nitrogens with two attached hydrogens (primary N) is 1. The lowest BCUT2D eigenvalue weighted by Crippen LogP contribution is -2.07. The lowest BCUT2D eigenvalue weighted by molar-refractivity contribution is 0.0687. The van der Waals surface area contributed by atoms with Gasteiger partial charge >= 0.3 is 5.97 Å². The highest BCUT2D eigenvalue weighted by atomic mass is 16.4. The Bertz CT molecular complexity index is 808. The predicted octanol–water partition coefficient (Wildman–Crippen LogP) is 1.38. The molecule has 7 heteroatoms. The quantitative estimate of drug-likeness (QED) is 0.648. The van der Waals surface area contributed by atoms with Crippen LogP contribution < -0.4 is 5.73 Å². The van der Waals surface area contributed by atoms with E-state index in [1.54, 1.807) is 18.2 Å². The first kappa shape index (κ1) is 12.0. The summed E-state index contributed by atoms with van der Waals surface area (Å²) < 4.78 is 1.19. The van der Waals surface area contributed by atoms with E-state index < -0.39 is 5.97 Å². The number of anilines is 1. The monoisotopic (exact) mass is 270 g/mol. The summed E-state index contributed by atoms with van der Waals surface area (Å²) in [4.78, 5) is 15.2. The molecule has 0 bridgehead atoms. The highest BCUT2D eigenvalue weighted by Crippen LogP contribution is 2.26. The van der Waals surface area contributed by atoms with E-state index in [4.69, 9.17) is 10.8 Å². The van der Waals surface area contributed by atoms with Gasteiger partial charge in [-0.15, -0.1) is 5.10 Å². The van der Waals surface area contributed by atoms with Crippen LogP contribution in [-0.2, 0) is 0 Å². The van der Waals surface area contributed by atoms with Gasteiger partial charge < -0.3 is 15.9 Å². The van der Waals surface area contributed by atoms with Crippen LogP contribution >= 0.6 is 0 Å². The summed E-state index contributed by atoms with van der Waals surface area (Å²) in [7, 11) is 0. The van der Waals surface area contributed by atoms with Crippen LogP contribution in [0.2, 0.25) is 0 Å². The van der Waals surface area contributed by atoms with Crippen molar-refractivity contribution in [1.29, 1.82) is 0 Å². The Kier molecular flexibility index (Phi) is 2.53. The average molecular weight is 270 g/mol. The minimum absolute atomic E-state index is 0.00118. The molecule has 1 aromatic carbocycles. The van der Waals surface area contributed by atoms with E-state index in [1.807, 2.05) is 0 Å². The topological polar surface area (TPSA) is 114 Å². The summed E-state index contributed by atoms with van der Waals surface area (Å²) in [5.41, 5.74) is 7.34. The normalized spacial score (nSPS) is 10.8.